The molecule has 11 heteroatoms. The standard InChI is InChI=1S/C30H36N2O8S/c1-21(2)18-32(41(36,37)25-12-13-28-29(17-25)39-15-14-38-28)19-27(33)26(31-30(34)35)16-22-8-10-24(11-9-22)40-20-23-6-4-3-5-7-23/h3-13,17,21,26-27,31,33H,14-16,18-20H2,1-2H3,(H,34,35)/t26-,27-/m0/s1. The molecule has 220 valence electrons. The molecule has 4 rings (SSSR count). The number of hydrogen-bond donors (Lipinski definition) is 3. The van der Waals surface area contributed by atoms with E-state index in [0.717, 1.165) is 11.1 Å². The van der Waals surface area contributed by atoms with Crippen LogP contribution in [-0.4, -0.2) is 67.5 Å². The lowest BCUT2D eigenvalue weighted by Crippen LogP contribution is -2.50. The number of amides is 1. The number of carbonyl (C=O) groups is 1. The van der Waals surface area contributed by atoms with Crippen molar-refractivity contribution in [1.82, 2.24) is 9.62 Å². The number of nitrogens with one attached hydrogen (secondary N) is 1. The van der Waals surface area contributed by atoms with Gasteiger partial charge in [0.2, 0.25) is 10.0 Å². The molecule has 1 aliphatic heterocycles. The molecule has 0 saturated heterocycles. The van der Waals surface area contributed by atoms with Gasteiger partial charge in [0.1, 0.15) is 25.6 Å². The third-order valence-electron chi connectivity index (χ3n) is 6.51. The van der Waals surface area contributed by atoms with Crippen molar-refractivity contribution in [1.29, 1.82) is 0 Å². The van der Waals surface area contributed by atoms with E-state index in [4.69, 9.17) is 14.2 Å². The van der Waals surface area contributed by atoms with E-state index in [-0.39, 0.29) is 30.3 Å². The van der Waals surface area contributed by atoms with Crippen molar-refractivity contribution in [3.63, 3.8) is 0 Å². The second kappa shape index (κ2) is 13.7. The van der Waals surface area contributed by atoms with E-state index in [1.807, 2.05) is 44.2 Å². The zero-order valence-corrected chi connectivity index (χ0v) is 23.9. The van der Waals surface area contributed by atoms with E-state index in [9.17, 15) is 23.4 Å². The van der Waals surface area contributed by atoms with Crippen LogP contribution >= 0.6 is 0 Å². The smallest absolute Gasteiger partial charge is 0.404 e. The van der Waals surface area contributed by atoms with E-state index in [1.54, 1.807) is 30.3 Å². The van der Waals surface area contributed by atoms with Crippen LogP contribution in [0.1, 0.15) is 25.0 Å². The number of carboxylic acid groups (broad SMARTS) is 1. The van der Waals surface area contributed by atoms with Crippen LogP contribution in [0.15, 0.2) is 77.7 Å². The Kier molecular flexibility index (Phi) is 10.1. The topological polar surface area (TPSA) is 135 Å². The number of fused-ring (bicyclic) bond motifs is 1. The highest BCUT2D eigenvalue weighted by Crippen LogP contribution is 2.33. The Bertz CT molecular complexity index is 1400. The van der Waals surface area contributed by atoms with Crippen molar-refractivity contribution in [2.24, 2.45) is 5.92 Å². The fraction of sp³-hybridized carbons (Fsp3) is 0.367. The molecule has 41 heavy (non-hydrogen) atoms. The number of rotatable bonds is 13. The first kappa shape index (κ1) is 30.2. The maximum absolute atomic E-state index is 13.7. The summed E-state index contributed by atoms with van der Waals surface area (Å²) in [7, 11) is -4.05. The minimum Gasteiger partial charge on any atom is -0.489 e. The first-order valence-electron chi connectivity index (χ1n) is 13.4. The predicted octanol–water partition coefficient (Wildman–Crippen LogP) is 3.92. The minimum atomic E-state index is -4.05. The summed E-state index contributed by atoms with van der Waals surface area (Å²) in [6, 6.07) is 20.3. The number of aliphatic hydroxyl groups is 1. The van der Waals surface area contributed by atoms with Crippen LogP contribution in [0.4, 0.5) is 4.79 Å². The summed E-state index contributed by atoms with van der Waals surface area (Å²) in [6.45, 7) is 4.66. The number of sulfonamides is 1. The number of ether oxygens (including phenoxy) is 3. The molecule has 0 unspecified atom stereocenters. The van der Waals surface area contributed by atoms with Gasteiger partial charge in [-0.05, 0) is 47.7 Å². The van der Waals surface area contributed by atoms with Crippen LogP contribution in [0, 0.1) is 5.92 Å². The van der Waals surface area contributed by atoms with Gasteiger partial charge in [-0.3, -0.25) is 0 Å². The van der Waals surface area contributed by atoms with Gasteiger partial charge in [0.15, 0.2) is 11.5 Å². The van der Waals surface area contributed by atoms with Gasteiger partial charge in [0.25, 0.3) is 0 Å². The molecule has 3 N–H and O–H groups in total. The summed E-state index contributed by atoms with van der Waals surface area (Å²) >= 11 is 0. The maximum atomic E-state index is 13.7. The van der Waals surface area contributed by atoms with Crippen LogP contribution in [-0.2, 0) is 23.1 Å². The Labute approximate surface area is 240 Å². The molecule has 3 aromatic carbocycles. The van der Waals surface area contributed by atoms with Crippen molar-refractivity contribution >= 4 is 16.1 Å². The molecule has 10 nitrogen and oxygen atoms in total. The third kappa shape index (κ3) is 8.35. The second-order valence-electron chi connectivity index (χ2n) is 10.3. The largest absolute Gasteiger partial charge is 0.489 e. The van der Waals surface area contributed by atoms with E-state index in [0.29, 0.717) is 37.1 Å². The fourth-order valence-electron chi connectivity index (χ4n) is 4.51. The van der Waals surface area contributed by atoms with Crippen molar-refractivity contribution in [3.8, 4) is 17.2 Å². The van der Waals surface area contributed by atoms with Crippen molar-refractivity contribution in [2.45, 2.75) is 43.9 Å². The Morgan fingerprint density at radius 3 is 2.29 bits per heavy atom. The average molecular weight is 585 g/mol. The van der Waals surface area contributed by atoms with Crippen LogP contribution in [0.5, 0.6) is 17.2 Å². The average Bonchev–Trinajstić information content (AvgIpc) is 2.96. The number of nitrogens with zero attached hydrogens (tertiary/aromatic N) is 1. The molecule has 0 radical (unpaired) electrons. The van der Waals surface area contributed by atoms with Gasteiger partial charge in [-0.15, -0.1) is 0 Å². The normalized spacial score (nSPS) is 14.5. The molecule has 0 aromatic heterocycles. The first-order chi connectivity index (χ1) is 19.6. The van der Waals surface area contributed by atoms with Gasteiger partial charge in [0.05, 0.1) is 17.0 Å². The second-order valence-corrected chi connectivity index (χ2v) is 12.2. The summed E-state index contributed by atoms with van der Waals surface area (Å²) in [5.41, 5.74) is 1.78. The zero-order chi connectivity index (χ0) is 29.4. The monoisotopic (exact) mass is 584 g/mol. The van der Waals surface area contributed by atoms with Gasteiger partial charge in [-0.1, -0.05) is 56.3 Å². The number of aliphatic hydroxyl groups excluding tert-OH is 1. The molecular formula is C30H36N2O8S. The molecule has 0 aliphatic carbocycles. The Balaban J connectivity index is 1.47. The lowest BCUT2D eigenvalue weighted by molar-refractivity contribution is 0.0980. The fourth-order valence-corrected chi connectivity index (χ4v) is 6.14. The quantitative estimate of drug-likeness (QED) is 0.275. The van der Waals surface area contributed by atoms with Gasteiger partial charge in [0, 0.05) is 19.2 Å². The molecule has 2 atom stereocenters. The van der Waals surface area contributed by atoms with Crippen LogP contribution in [0.25, 0.3) is 0 Å². The molecule has 0 spiro atoms. The summed E-state index contributed by atoms with van der Waals surface area (Å²) in [4.78, 5) is 11.6. The van der Waals surface area contributed by atoms with E-state index >= 15 is 0 Å². The van der Waals surface area contributed by atoms with Gasteiger partial charge in [-0.25, -0.2) is 13.2 Å². The minimum absolute atomic E-state index is 0.00318. The molecule has 0 saturated carbocycles. The van der Waals surface area contributed by atoms with Crippen LogP contribution in [0.2, 0.25) is 0 Å². The Morgan fingerprint density at radius 2 is 1.63 bits per heavy atom. The third-order valence-corrected chi connectivity index (χ3v) is 8.34. The SMILES string of the molecule is CC(C)CN(C[C@H](O)[C@H](Cc1ccc(OCc2ccccc2)cc1)NC(=O)O)S(=O)(=O)c1ccc2c(c1)OCCO2. The van der Waals surface area contributed by atoms with E-state index in [2.05, 4.69) is 5.32 Å². The molecule has 1 amide bonds. The molecule has 0 fully saturated rings. The number of hydrogen-bond acceptors (Lipinski definition) is 7. The molecule has 1 heterocycles. The maximum Gasteiger partial charge on any atom is 0.404 e. The van der Waals surface area contributed by atoms with E-state index < -0.39 is 28.3 Å². The van der Waals surface area contributed by atoms with Crippen molar-refractivity contribution in [3.05, 3.63) is 83.9 Å². The van der Waals surface area contributed by atoms with Gasteiger partial charge < -0.3 is 29.7 Å². The van der Waals surface area contributed by atoms with E-state index in [1.165, 1.54) is 16.4 Å². The molecular weight excluding hydrogens is 548 g/mol. The predicted molar refractivity (Wildman–Crippen MR) is 153 cm³/mol. The van der Waals surface area contributed by atoms with Gasteiger partial charge >= 0.3 is 6.09 Å². The van der Waals surface area contributed by atoms with Crippen molar-refractivity contribution < 1.29 is 37.6 Å². The lowest BCUT2D eigenvalue weighted by atomic mass is 10.0. The summed E-state index contributed by atoms with van der Waals surface area (Å²) in [6.07, 6.45) is -2.50. The summed E-state index contributed by atoms with van der Waals surface area (Å²) in [5, 5.41) is 23.0. The summed E-state index contributed by atoms with van der Waals surface area (Å²) < 4.78 is 45.4. The number of benzene rings is 3. The highest BCUT2D eigenvalue weighted by atomic mass is 32.2. The highest BCUT2D eigenvalue weighted by molar-refractivity contribution is 7.89. The summed E-state index contributed by atoms with van der Waals surface area (Å²) in [5.74, 6) is 1.40. The molecule has 3 aromatic rings. The van der Waals surface area contributed by atoms with Crippen LogP contribution < -0.4 is 19.5 Å². The molecule has 0 bridgehead atoms. The molecule has 1 aliphatic rings. The Hall–Kier alpha value is -3.80. The highest BCUT2D eigenvalue weighted by Gasteiger charge is 2.32. The van der Waals surface area contributed by atoms with Gasteiger partial charge in [-0.2, -0.15) is 4.31 Å². The van der Waals surface area contributed by atoms with Crippen LogP contribution in [0.3, 0.4) is 0 Å². The first-order valence-corrected chi connectivity index (χ1v) is 14.9. The van der Waals surface area contributed by atoms with Crippen molar-refractivity contribution in [2.75, 3.05) is 26.3 Å². The lowest BCUT2D eigenvalue weighted by Gasteiger charge is -2.30. The zero-order valence-electron chi connectivity index (χ0n) is 23.1. The Morgan fingerprint density at radius 1 is 0.951 bits per heavy atom.